The molecule has 0 saturated carbocycles. The first kappa shape index (κ1) is 22.5. The number of benzene rings is 1. The molecule has 1 aromatic rings. The monoisotopic (exact) mass is 420 g/mol. The van der Waals surface area contributed by atoms with Gasteiger partial charge in [0.15, 0.2) is 5.78 Å². The van der Waals surface area contributed by atoms with Gasteiger partial charge >= 0.3 is 23.9 Å². The fourth-order valence-electron chi connectivity index (χ4n) is 3.45. The third-order valence-corrected chi connectivity index (χ3v) is 5.08. The summed E-state index contributed by atoms with van der Waals surface area (Å²) in [5.74, 6) is -26.0. The van der Waals surface area contributed by atoms with Crippen molar-refractivity contribution in [3.05, 3.63) is 35.4 Å². The molecule has 1 nitrogen and oxygen atoms in total. The number of fused-ring (bicyclic) bond motifs is 1. The second-order valence-corrected chi connectivity index (χ2v) is 7.95. The fraction of sp³-hybridized carbons (Fsp3) is 0.611. The Kier molecular flexibility index (Phi) is 5.14. The summed E-state index contributed by atoms with van der Waals surface area (Å²) in [4.78, 5) is 12.6. The average molecular weight is 420 g/mol. The van der Waals surface area contributed by atoms with Crippen LogP contribution < -0.4 is 0 Å². The maximum Gasteiger partial charge on any atom is 0.460 e. The number of rotatable bonds is 3. The molecular formula is C18H17F9O. The summed E-state index contributed by atoms with van der Waals surface area (Å²) in [5, 5.41) is 0. The maximum absolute atomic E-state index is 14.7. The zero-order chi connectivity index (χ0) is 21.9. The van der Waals surface area contributed by atoms with E-state index in [4.69, 9.17) is 0 Å². The number of hydrogen-bond donors (Lipinski definition) is 0. The van der Waals surface area contributed by atoms with Crippen LogP contribution in [0.2, 0.25) is 0 Å². The number of carbonyl (C=O) groups excluding carboxylic acids is 1. The van der Waals surface area contributed by atoms with Gasteiger partial charge in [-0.1, -0.05) is 45.0 Å². The first-order valence-corrected chi connectivity index (χ1v) is 8.19. The Balaban J connectivity index is 2.68. The number of Topliss-reactive ketones (excluding diaryl/α,β-unsaturated/α-hetero) is 1. The highest BCUT2D eigenvalue weighted by molar-refractivity contribution is 6.01. The van der Waals surface area contributed by atoms with E-state index in [0.29, 0.717) is 0 Å². The van der Waals surface area contributed by atoms with Crippen LogP contribution in [-0.4, -0.2) is 29.7 Å². The second kappa shape index (κ2) is 6.38. The Morgan fingerprint density at radius 3 is 1.79 bits per heavy atom. The van der Waals surface area contributed by atoms with Gasteiger partial charge < -0.3 is 0 Å². The highest BCUT2D eigenvalue weighted by Gasteiger charge is 2.84. The molecule has 0 bridgehead atoms. The van der Waals surface area contributed by atoms with Gasteiger partial charge in [0.25, 0.3) is 0 Å². The van der Waals surface area contributed by atoms with Crippen LogP contribution in [-0.2, 0) is 6.42 Å². The van der Waals surface area contributed by atoms with Crippen molar-refractivity contribution in [2.24, 2.45) is 17.3 Å². The predicted molar refractivity (Wildman–Crippen MR) is 81.8 cm³/mol. The minimum atomic E-state index is -7.02. The van der Waals surface area contributed by atoms with E-state index < -0.39 is 47.0 Å². The van der Waals surface area contributed by atoms with Crippen LogP contribution in [0.4, 0.5) is 39.5 Å². The molecule has 158 valence electrons. The summed E-state index contributed by atoms with van der Waals surface area (Å²) in [5.41, 5.74) is -1.41. The minimum absolute atomic E-state index is 0.241. The van der Waals surface area contributed by atoms with E-state index in [2.05, 4.69) is 0 Å². The lowest BCUT2D eigenvalue weighted by Crippen LogP contribution is -2.66. The molecular weight excluding hydrogens is 403 g/mol. The third kappa shape index (κ3) is 3.18. The molecule has 28 heavy (non-hydrogen) atoms. The summed E-state index contributed by atoms with van der Waals surface area (Å²) in [6.07, 6.45) is -7.27. The Labute approximate surface area is 154 Å². The van der Waals surface area contributed by atoms with Gasteiger partial charge in [-0.3, -0.25) is 4.79 Å². The van der Waals surface area contributed by atoms with Gasteiger partial charge in [0.2, 0.25) is 0 Å². The van der Waals surface area contributed by atoms with Crippen molar-refractivity contribution in [1.29, 1.82) is 0 Å². The smallest absolute Gasteiger partial charge is 0.294 e. The molecule has 0 heterocycles. The molecule has 0 N–H and O–H groups in total. The number of hydrogen-bond acceptors (Lipinski definition) is 1. The standard InChI is InChI=1S/C18H17F9O/c1-14(2,3)11-8-9-6-4-5-7-10(9)13(28)12(11)15(19,20)16(21,22)17(23,24)18(25,26)27/h4-7,11-12H,8H2,1-3H3. The molecule has 2 rings (SSSR count). The van der Waals surface area contributed by atoms with Crippen LogP contribution in [0.5, 0.6) is 0 Å². The van der Waals surface area contributed by atoms with Crippen LogP contribution in [0.3, 0.4) is 0 Å². The van der Waals surface area contributed by atoms with Crippen molar-refractivity contribution in [3.8, 4) is 0 Å². The van der Waals surface area contributed by atoms with Crippen molar-refractivity contribution in [2.75, 3.05) is 0 Å². The average Bonchev–Trinajstić information content (AvgIpc) is 2.52. The Morgan fingerprint density at radius 2 is 1.32 bits per heavy atom. The van der Waals surface area contributed by atoms with E-state index in [1.807, 2.05) is 0 Å². The predicted octanol–water partition coefficient (Wildman–Crippen LogP) is 6.17. The van der Waals surface area contributed by atoms with Gasteiger partial charge in [-0.25, -0.2) is 0 Å². The maximum atomic E-state index is 14.7. The zero-order valence-corrected chi connectivity index (χ0v) is 15.0. The molecule has 0 saturated heterocycles. The van der Waals surface area contributed by atoms with Crippen LogP contribution in [0.15, 0.2) is 24.3 Å². The van der Waals surface area contributed by atoms with Gasteiger partial charge in [-0.05, 0) is 23.3 Å². The van der Waals surface area contributed by atoms with Gasteiger partial charge in [-0.2, -0.15) is 39.5 Å². The first-order chi connectivity index (χ1) is 12.4. The molecule has 2 atom stereocenters. The molecule has 2 unspecified atom stereocenters. The Hall–Kier alpha value is -1.74. The second-order valence-electron chi connectivity index (χ2n) is 7.95. The number of carbonyl (C=O) groups is 1. The molecule has 0 spiro atoms. The van der Waals surface area contributed by atoms with Crippen molar-refractivity contribution in [1.82, 2.24) is 0 Å². The summed E-state index contributed by atoms with van der Waals surface area (Å²) < 4.78 is 121. The van der Waals surface area contributed by atoms with Crippen LogP contribution in [0, 0.1) is 17.3 Å². The van der Waals surface area contributed by atoms with Crippen molar-refractivity contribution in [3.63, 3.8) is 0 Å². The van der Waals surface area contributed by atoms with E-state index in [9.17, 15) is 44.3 Å². The molecule has 0 amide bonds. The molecule has 1 aromatic carbocycles. The fourth-order valence-corrected chi connectivity index (χ4v) is 3.45. The topological polar surface area (TPSA) is 17.1 Å². The summed E-state index contributed by atoms with van der Waals surface area (Å²) in [7, 11) is 0. The van der Waals surface area contributed by atoms with Gasteiger partial charge in [0.05, 0.1) is 5.92 Å². The molecule has 0 aromatic heterocycles. The summed E-state index contributed by atoms with van der Waals surface area (Å²) >= 11 is 0. The highest BCUT2D eigenvalue weighted by atomic mass is 19.4. The zero-order valence-electron chi connectivity index (χ0n) is 15.0. The van der Waals surface area contributed by atoms with Gasteiger partial charge in [-0.15, -0.1) is 0 Å². The van der Waals surface area contributed by atoms with Crippen LogP contribution >= 0.6 is 0 Å². The Morgan fingerprint density at radius 1 is 0.821 bits per heavy atom. The van der Waals surface area contributed by atoms with E-state index in [0.717, 1.165) is 6.07 Å². The largest absolute Gasteiger partial charge is 0.460 e. The third-order valence-electron chi connectivity index (χ3n) is 5.08. The number of alkyl halides is 9. The van der Waals surface area contributed by atoms with Crippen molar-refractivity contribution >= 4 is 5.78 Å². The lowest BCUT2D eigenvalue weighted by Gasteiger charge is -2.46. The minimum Gasteiger partial charge on any atom is -0.294 e. The lowest BCUT2D eigenvalue weighted by atomic mass is 9.61. The lowest BCUT2D eigenvalue weighted by molar-refractivity contribution is -0.403. The van der Waals surface area contributed by atoms with Crippen LogP contribution in [0.25, 0.3) is 0 Å². The van der Waals surface area contributed by atoms with Crippen molar-refractivity contribution < 1.29 is 44.3 Å². The summed E-state index contributed by atoms with van der Waals surface area (Å²) in [6, 6.07) is 5.17. The highest BCUT2D eigenvalue weighted by Crippen LogP contribution is 2.59. The molecule has 0 fully saturated rings. The van der Waals surface area contributed by atoms with Gasteiger partial charge in [0, 0.05) is 5.56 Å². The molecule has 0 aliphatic heterocycles. The normalized spacial score (nSPS) is 22.2. The SMILES string of the molecule is CC(C)(C)C1Cc2ccccc2C(=O)C1C(F)(F)C(F)(F)C(F)(F)C(F)(F)F. The van der Waals surface area contributed by atoms with E-state index in [-0.39, 0.29) is 17.5 Å². The Bertz CT molecular complexity index is 759. The summed E-state index contributed by atoms with van der Waals surface area (Å²) in [6.45, 7) is 3.96. The van der Waals surface area contributed by atoms with E-state index in [1.54, 1.807) is 0 Å². The molecule has 1 aliphatic carbocycles. The number of halogens is 9. The van der Waals surface area contributed by atoms with Crippen LogP contribution in [0.1, 0.15) is 36.7 Å². The molecule has 10 heteroatoms. The quantitative estimate of drug-likeness (QED) is 0.535. The molecule has 0 radical (unpaired) electrons. The van der Waals surface area contributed by atoms with Gasteiger partial charge in [0.1, 0.15) is 0 Å². The van der Waals surface area contributed by atoms with E-state index >= 15 is 0 Å². The first-order valence-electron chi connectivity index (χ1n) is 8.19. The van der Waals surface area contributed by atoms with Crippen molar-refractivity contribution in [2.45, 2.75) is 51.1 Å². The molecule has 1 aliphatic rings. The van der Waals surface area contributed by atoms with E-state index in [1.165, 1.54) is 39.0 Å². The number of ketones is 1.